The molecular formula is C19H22N6O4. The molecule has 29 heavy (non-hydrogen) atoms. The van der Waals surface area contributed by atoms with Crippen LogP contribution < -0.4 is 10.1 Å². The van der Waals surface area contributed by atoms with Crippen LogP contribution in [0.3, 0.4) is 0 Å². The number of aliphatic hydroxyl groups excluding tert-OH is 1. The number of pyridine rings is 1. The van der Waals surface area contributed by atoms with E-state index in [1.807, 2.05) is 17.8 Å². The highest BCUT2D eigenvalue weighted by Gasteiger charge is 2.33. The lowest BCUT2D eigenvalue weighted by molar-refractivity contribution is 0.0360. The SMILES string of the molecule is COc1cc(C(=O)N[C@@H]2CN(C(=O)c3cnn4ccn(C)c34)CC[C@H]2O)ccn1. The summed E-state index contributed by atoms with van der Waals surface area (Å²) in [6, 6.07) is 2.50. The maximum absolute atomic E-state index is 13.1. The monoisotopic (exact) mass is 398 g/mol. The van der Waals surface area contributed by atoms with Crippen LogP contribution in [0.4, 0.5) is 0 Å². The largest absolute Gasteiger partial charge is 0.481 e. The number of piperidine rings is 1. The molecule has 0 aromatic carbocycles. The number of amides is 2. The van der Waals surface area contributed by atoms with Gasteiger partial charge in [-0.1, -0.05) is 0 Å². The van der Waals surface area contributed by atoms with Gasteiger partial charge in [-0.15, -0.1) is 0 Å². The zero-order valence-electron chi connectivity index (χ0n) is 16.1. The lowest BCUT2D eigenvalue weighted by Gasteiger charge is -2.36. The van der Waals surface area contributed by atoms with E-state index in [0.29, 0.717) is 35.6 Å². The minimum atomic E-state index is -0.742. The van der Waals surface area contributed by atoms with E-state index >= 15 is 0 Å². The van der Waals surface area contributed by atoms with Gasteiger partial charge in [0.25, 0.3) is 11.8 Å². The fraction of sp³-hybridized carbons (Fsp3) is 0.368. The van der Waals surface area contributed by atoms with Crippen molar-refractivity contribution >= 4 is 17.5 Å². The predicted octanol–water partition coefficient (Wildman–Crippen LogP) is 0.0818. The molecule has 2 N–H and O–H groups in total. The summed E-state index contributed by atoms with van der Waals surface area (Å²) in [4.78, 5) is 31.3. The standard InChI is InChI=1S/C19H22N6O4/c1-23-7-8-25-18(23)13(10-21-25)19(28)24-6-4-15(26)14(11-24)22-17(27)12-3-5-20-16(9-12)29-2/h3,5,7-10,14-15,26H,4,6,11H2,1-2H3,(H,22,27)/t14-,15-/m1/s1. The van der Waals surface area contributed by atoms with E-state index in [1.54, 1.807) is 27.9 Å². The van der Waals surface area contributed by atoms with Gasteiger partial charge in [0.1, 0.15) is 11.2 Å². The number of ether oxygens (including phenoxy) is 1. The second-order valence-corrected chi connectivity index (χ2v) is 7.01. The molecule has 10 nitrogen and oxygen atoms in total. The van der Waals surface area contributed by atoms with Crippen molar-refractivity contribution in [1.82, 2.24) is 29.4 Å². The van der Waals surface area contributed by atoms with Gasteiger partial charge in [-0.3, -0.25) is 9.59 Å². The van der Waals surface area contributed by atoms with Crippen LogP contribution in [-0.4, -0.2) is 73.3 Å². The second-order valence-electron chi connectivity index (χ2n) is 7.01. The number of nitrogens with one attached hydrogen (secondary N) is 1. The first-order valence-corrected chi connectivity index (χ1v) is 9.25. The number of aliphatic hydroxyl groups is 1. The third-order valence-electron chi connectivity index (χ3n) is 5.15. The van der Waals surface area contributed by atoms with Crippen LogP contribution >= 0.6 is 0 Å². The fourth-order valence-electron chi connectivity index (χ4n) is 3.55. The Balaban J connectivity index is 1.49. The summed E-state index contributed by atoms with van der Waals surface area (Å²) in [5.74, 6) is -0.218. The molecule has 0 spiro atoms. The molecule has 4 rings (SSSR count). The van der Waals surface area contributed by atoms with Crippen LogP contribution in [0.5, 0.6) is 5.88 Å². The number of methoxy groups -OCH3 is 1. The molecule has 3 aromatic heterocycles. The van der Waals surface area contributed by atoms with Crippen LogP contribution in [0.15, 0.2) is 36.9 Å². The summed E-state index contributed by atoms with van der Waals surface area (Å²) in [6.45, 7) is 0.604. The van der Waals surface area contributed by atoms with Crippen molar-refractivity contribution in [2.45, 2.75) is 18.6 Å². The van der Waals surface area contributed by atoms with E-state index in [0.717, 1.165) is 0 Å². The van der Waals surface area contributed by atoms with E-state index in [1.165, 1.54) is 19.4 Å². The van der Waals surface area contributed by atoms with Gasteiger partial charge < -0.3 is 24.6 Å². The molecule has 2 atom stereocenters. The molecule has 4 heterocycles. The second kappa shape index (κ2) is 7.55. The molecule has 1 saturated heterocycles. The fourth-order valence-corrected chi connectivity index (χ4v) is 3.55. The molecular weight excluding hydrogens is 376 g/mol. The van der Waals surface area contributed by atoms with Crippen molar-refractivity contribution in [3.05, 3.63) is 48.0 Å². The van der Waals surface area contributed by atoms with E-state index in [-0.39, 0.29) is 18.4 Å². The van der Waals surface area contributed by atoms with Gasteiger partial charge in [-0.05, 0) is 12.5 Å². The third kappa shape index (κ3) is 3.54. The Labute approximate surface area is 166 Å². The lowest BCUT2D eigenvalue weighted by atomic mass is 10.0. The van der Waals surface area contributed by atoms with Gasteiger partial charge in [-0.25, -0.2) is 9.50 Å². The Morgan fingerprint density at radius 3 is 2.97 bits per heavy atom. The normalized spacial score (nSPS) is 19.3. The van der Waals surface area contributed by atoms with Gasteiger partial charge in [0.05, 0.1) is 25.5 Å². The zero-order chi connectivity index (χ0) is 20.5. The minimum absolute atomic E-state index is 0.182. The van der Waals surface area contributed by atoms with Crippen molar-refractivity contribution in [3.8, 4) is 5.88 Å². The van der Waals surface area contributed by atoms with Crippen LogP contribution in [0.25, 0.3) is 5.65 Å². The van der Waals surface area contributed by atoms with Gasteiger partial charge in [0, 0.05) is 50.4 Å². The van der Waals surface area contributed by atoms with Crippen LogP contribution in [-0.2, 0) is 7.05 Å². The van der Waals surface area contributed by atoms with E-state index in [2.05, 4.69) is 15.4 Å². The number of aromatic nitrogens is 4. The summed E-state index contributed by atoms with van der Waals surface area (Å²) >= 11 is 0. The van der Waals surface area contributed by atoms with Gasteiger partial charge >= 0.3 is 0 Å². The predicted molar refractivity (Wildman–Crippen MR) is 103 cm³/mol. The van der Waals surface area contributed by atoms with Gasteiger partial charge in [0.2, 0.25) is 5.88 Å². The summed E-state index contributed by atoms with van der Waals surface area (Å²) in [5.41, 5.74) is 1.55. The molecule has 2 amide bonds. The van der Waals surface area contributed by atoms with Gasteiger partial charge in [-0.2, -0.15) is 5.10 Å². The maximum Gasteiger partial charge on any atom is 0.259 e. The molecule has 1 fully saturated rings. The molecule has 152 valence electrons. The zero-order valence-corrected chi connectivity index (χ0v) is 16.1. The van der Waals surface area contributed by atoms with E-state index in [4.69, 9.17) is 4.74 Å². The number of carbonyl (C=O) groups excluding carboxylic acids is 2. The van der Waals surface area contributed by atoms with Crippen molar-refractivity contribution in [2.75, 3.05) is 20.2 Å². The summed E-state index contributed by atoms with van der Waals surface area (Å²) in [7, 11) is 3.32. The highest BCUT2D eigenvalue weighted by Crippen LogP contribution is 2.19. The summed E-state index contributed by atoms with van der Waals surface area (Å²) in [6.07, 6.45) is 6.25. The first kappa shape index (κ1) is 18.9. The molecule has 0 radical (unpaired) electrons. The van der Waals surface area contributed by atoms with Crippen molar-refractivity contribution in [3.63, 3.8) is 0 Å². The molecule has 0 unspecified atom stereocenters. The van der Waals surface area contributed by atoms with Crippen LogP contribution in [0.1, 0.15) is 27.1 Å². The Bertz CT molecular complexity index is 1060. The summed E-state index contributed by atoms with van der Waals surface area (Å²) in [5, 5.41) is 17.4. The Morgan fingerprint density at radius 1 is 1.34 bits per heavy atom. The van der Waals surface area contributed by atoms with E-state index < -0.39 is 12.1 Å². The molecule has 1 aliphatic rings. The Hall–Kier alpha value is -3.40. The first-order valence-electron chi connectivity index (χ1n) is 9.25. The first-order chi connectivity index (χ1) is 14.0. The Morgan fingerprint density at radius 2 is 2.17 bits per heavy atom. The molecule has 0 saturated carbocycles. The number of likely N-dealkylation sites (tertiary alicyclic amines) is 1. The number of imidazole rings is 1. The topological polar surface area (TPSA) is 114 Å². The van der Waals surface area contributed by atoms with Crippen molar-refractivity contribution in [1.29, 1.82) is 0 Å². The van der Waals surface area contributed by atoms with Crippen LogP contribution in [0.2, 0.25) is 0 Å². The Kier molecular flexibility index (Phi) is 4.93. The molecule has 1 aliphatic heterocycles. The highest BCUT2D eigenvalue weighted by molar-refractivity contribution is 6.00. The number of fused-ring (bicyclic) bond motifs is 1. The third-order valence-corrected chi connectivity index (χ3v) is 5.15. The summed E-state index contributed by atoms with van der Waals surface area (Å²) < 4.78 is 8.51. The number of nitrogens with zero attached hydrogens (tertiary/aromatic N) is 5. The van der Waals surface area contributed by atoms with Gasteiger partial charge in [0.15, 0.2) is 0 Å². The number of hydrogen-bond donors (Lipinski definition) is 2. The lowest BCUT2D eigenvalue weighted by Crippen LogP contribution is -2.56. The van der Waals surface area contributed by atoms with Crippen LogP contribution in [0, 0.1) is 0 Å². The number of carbonyl (C=O) groups is 2. The van der Waals surface area contributed by atoms with Crippen molar-refractivity contribution < 1.29 is 19.4 Å². The number of hydrogen-bond acceptors (Lipinski definition) is 6. The quantitative estimate of drug-likeness (QED) is 0.644. The average molecular weight is 398 g/mol. The number of rotatable bonds is 4. The molecule has 0 aliphatic carbocycles. The van der Waals surface area contributed by atoms with E-state index in [9.17, 15) is 14.7 Å². The smallest absolute Gasteiger partial charge is 0.259 e. The minimum Gasteiger partial charge on any atom is -0.481 e. The maximum atomic E-state index is 13.1. The molecule has 3 aromatic rings. The van der Waals surface area contributed by atoms with Crippen molar-refractivity contribution in [2.24, 2.45) is 7.05 Å². The average Bonchev–Trinajstić information content (AvgIpc) is 3.32. The molecule has 0 bridgehead atoms. The molecule has 10 heteroatoms. The number of aryl methyl sites for hydroxylation is 1. The highest BCUT2D eigenvalue weighted by atomic mass is 16.5.